The van der Waals surface area contributed by atoms with Gasteiger partial charge in [0, 0.05) is 16.8 Å². The van der Waals surface area contributed by atoms with E-state index in [4.69, 9.17) is 11.6 Å². The average Bonchev–Trinajstić information content (AvgIpc) is 2.46. The second kappa shape index (κ2) is 6.41. The predicted octanol–water partition coefficient (Wildman–Crippen LogP) is 2.62. The lowest BCUT2D eigenvalue weighted by Crippen LogP contribution is -2.11. The average molecular weight is 328 g/mol. The fraction of sp³-hybridized carbons (Fsp3) is 0.286. The van der Waals surface area contributed by atoms with E-state index in [1.807, 2.05) is 0 Å². The Kier molecular flexibility index (Phi) is 4.80. The van der Waals surface area contributed by atoms with Crippen molar-refractivity contribution in [2.45, 2.75) is 17.9 Å². The number of methoxy groups -OCH3 is 1. The molecule has 2 rings (SSSR count). The van der Waals surface area contributed by atoms with Gasteiger partial charge in [-0.25, -0.2) is 13.4 Å². The van der Waals surface area contributed by atoms with Gasteiger partial charge in [0.2, 0.25) is 0 Å². The van der Waals surface area contributed by atoms with E-state index in [2.05, 4.69) is 9.72 Å². The van der Waals surface area contributed by atoms with Crippen LogP contribution >= 0.6 is 11.6 Å². The van der Waals surface area contributed by atoms with E-state index in [0.717, 1.165) is 5.39 Å². The number of ether oxygens (including phenoxy) is 1. The maximum Gasteiger partial charge on any atom is 0.305 e. The highest BCUT2D eigenvalue weighted by Gasteiger charge is 2.17. The van der Waals surface area contributed by atoms with Crippen LogP contribution in [-0.2, 0) is 19.4 Å². The lowest BCUT2D eigenvalue weighted by Gasteiger charge is -2.05. The first kappa shape index (κ1) is 15.7. The molecule has 0 bridgehead atoms. The molecule has 1 aromatic carbocycles. The number of carbonyl (C=O) groups excluding carboxylic acids is 1. The molecular weight excluding hydrogens is 314 g/mol. The van der Waals surface area contributed by atoms with Crippen molar-refractivity contribution in [1.29, 1.82) is 0 Å². The largest absolute Gasteiger partial charge is 0.469 e. The van der Waals surface area contributed by atoms with E-state index < -0.39 is 15.8 Å². The van der Waals surface area contributed by atoms with Crippen molar-refractivity contribution >= 4 is 38.3 Å². The van der Waals surface area contributed by atoms with Crippen LogP contribution in [0.4, 0.5) is 0 Å². The minimum Gasteiger partial charge on any atom is -0.469 e. The number of nitrogens with zero attached hydrogens (tertiary/aromatic N) is 1. The Bertz CT molecular complexity index is 774. The van der Waals surface area contributed by atoms with Crippen LogP contribution in [0.15, 0.2) is 35.4 Å². The Labute approximate surface area is 127 Å². The zero-order chi connectivity index (χ0) is 15.5. The number of benzene rings is 1. The second-order valence-electron chi connectivity index (χ2n) is 4.49. The minimum atomic E-state index is -3.52. The normalized spacial score (nSPS) is 11.5. The van der Waals surface area contributed by atoms with Crippen LogP contribution in [0.25, 0.3) is 10.9 Å². The topological polar surface area (TPSA) is 73.3 Å². The molecule has 7 heteroatoms. The maximum atomic E-state index is 12.2. The molecule has 0 unspecified atom stereocenters. The summed E-state index contributed by atoms with van der Waals surface area (Å²) in [5.41, 5.74) is 0.563. The van der Waals surface area contributed by atoms with Crippen molar-refractivity contribution in [3.8, 4) is 0 Å². The minimum absolute atomic E-state index is 0.00203. The number of fused-ring (bicyclic) bond motifs is 1. The number of halogens is 1. The highest BCUT2D eigenvalue weighted by molar-refractivity contribution is 7.91. The Hall–Kier alpha value is -1.66. The van der Waals surface area contributed by atoms with Crippen LogP contribution in [-0.4, -0.2) is 32.2 Å². The zero-order valence-electron chi connectivity index (χ0n) is 11.4. The molecule has 21 heavy (non-hydrogen) atoms. The molecule has 0 aliphatic rings. The molecule has 1 heterocycles. The molecule has 2 aromatic rings. The summed E-state index contributed by atoms with van der Waals surface area (Å²) in [5.74, 6) is -0.569. The van der Waals surface area contributed by atoms with Crippen molar-refractivity contribution < 1.29 is 17.9 Å². The molecule has 112 valence electrons. The molecule has 0 N–H and O–H groups in total. The van der Waals surface area contributed by atoms with Gasteiger partial charge in [0.1, 0.15) is 0 Å². The molecule has 0 atom stereocenters. The Balaban J connectivity index is 2.20. The molecule has 0 aliphatic heterocycles. The van der Waals surface area contributed by atoms with E-state index in [9.17, 15) is 13.2 Å². The molecule has 0 amide bonds. The van der Waals surface area contributed by atoms with Gasteiger partial charge in [0.05, 0.1) is 18.4 Å². The first-order valence-electron chi connectivity index (χ1n) is 6.28. The van der Waals surface area contributed by atoms with Gasteiger partial charge in [0.25, 0.3) is 0 Å². The number of hydrogen-bond donors (Lipinski definition) is 0. The molecular formula is C14H14ClNO4S. The summed E-state index contributed by atoms with van der Waals surface area (Å²) >= 11 is 5.87. The maximum absolute atomic E-state index is 12.2. The number of carbonyl (C=O) groups is 1. The Morgan fingerprint density at radius 1 is 1.29 bits per heavy atom. The van der Waals surface area contributed by atoms with Crippen molar-refractivity contribution in [2.24, 2.45) is 0 Å². The third kappa shape index (κ3) is 3.92. The molecule has 0 aliphatic carbocycles. The van der Waals surface area contributed by atoms with Gasteiger partial charge in [0.15, 0.2) is 14.9 Å². The van der Waals surface area contributed by atoms with E-state index in [1.54, 1.807) is 24.3 Å². The first-order chi connectivity index (χ1) is 9.92. The molecule has 0 spiro atoms. The highest BCUT2D eigenvalue weighted by Crippen LogP contribution is 2.20. The molecule has 0 fully saturated rings. The van der Waals surface area contributed by atoms with E-state index in [0.29, 0.717) is 10.5 Å². The molecule has 0 saturated carbocycles. The first-order valence-corrected chi connectivity index (χ1v) is 8.31. The van der Waals surface area contributed by atoms with Crippen molar-refractivity contribution in [3.63, 3.8) is 0 Å². The van der Waals surface area contributed by atoms with E-state index in [-0.39, 0.29) is 23.6 Å². The Morgan fingerprint density at radius 3 is 2.76 bits per heavy atom. The smallest absolute Gasteiger partial charge is 0.305 e. The fourth-order valence-electron chi connectivity index (χ4n) is 1.86. The number of pyridine rings is 1. The van der Waals surface area contributed by atoms with Gasteiger partial charge in [-0.05, 0) is 36.8 Å². The lowest BCUT2D eigenvalue weighted by atomic mass is 10.2. The summed E-state index contributed by atoms with van der Waals surface area (Å²) in [7, 11) is -2.25. The van der Waals surface area contributed by atoms with Crippen molar-refractivity contribution in [3.05, 3.63) is 35.4 Å². The predicted molar refractivity (Wildman–Crippen MR) is 80.1 cm³/mol. The van der Waals surface area contributed by atoms with Crippen LogP contribution in [0, 0.1) is 0 Å². The van der Waals surface area contributed by atoms with Crippen molar-refractivity contribution in [2.75, 3.05) is 12.9 Å². The quantitative estimate of drug-likeness (QED) is 0.789. The fourth-order valence-corrected chi connectivity index (χ4v) is 3.29. The van der Waals surface area contributed by atoms with Crippen molar-refractivity contribution in [1.82, 2.24) is 4.98 Å². The SMILES string of the molecule is COC(=O)CCCS(=O)(=O)c1ccc2cc(Cl)ccc2n1. The lowest BCUT2D eigenvalue weighted by molar-refractivity contribution is -0.140. The van der Waals surface area contributed by atoms with Crippen LogP contribution in [0.1, 0.15) is 12.8 Å². The van der Waals surface area contributed by atoms with Gasteiger partial charge in [-0.2, -0.15) is 0 Å². The standard InChI is InChI=1S/C14H14ClNO4S/c1-20-14(17)3-2-8-21(18,19)13-7-4-10-9-11(15)5-6-12(10)16-13/h4-7,9H,2-3,8H2,1H3. The summed E-state index contributed by atoms with van der Waals surface area (Å²) in [6.45, 7) is 0. The molecule has 0 saturated heterocycles. The van der Waals surface area contributed by atoms with Crippen LogP contribution < -0.4 is 0 Å². The summed E-state index contributed by atoms with van der Waals surface area (Å²) in [6, 6.07) is 8.17. The summed E-state index contributed by atoms with van der Waals surface area (Å²) in [4.78, 5) is 15.1. The van der Waals surface area contributed by atoms with Gasteiger partial charge in [-0.3, -0.25) is 4.79 Å². The van der Waals surface area contributed by atoms with Crippen LogP contribution in [0.2, 0.25) is 5.02 Å². The van der Waals surface area contributed by atoms with Gasteiger partial charge in [-0.15, -0.1) is 0 Å². The van der Waals surface area contributed by atoms with Gasteiger partial charge >= 0.3 is 5.97 Å². The zero-order valence-corrected chi connectivity index (χ0v) is 12.9. The second-order valence-corrected chi connectivity index (χ2v) is 6.98. The molecule has 1 aromatic heterocycles. The monoisotopic (exact) mass is 327 g/mol. The molecule has 5 nitrogen and oxygen atoms in total. The number of rotatable bonds is 5. The number of sulfone groups is 1. The summed E-state index contributed by atoms with van der Waals surface area (Å²) < 4.78 is 28.8. The third-order valence-electron chi connectivity index (χ3n) is 2.97. The van der Waals surface area contributed by atoms with Gasteiger partial charge in [-0.1, -0.05) is 11.6 Å². The summed E-state index contributed by atoms with van der Waals surface area (Å²) in [6.07, 6.45) is 0.272. The van der Waals surface area contributed by atoms with Crippen LogP contribution in [0.5, 0.6) is 0 Å². The van der Waals surface area contributed by atoms with Crippen LogP contribution in [0.3, 0.4) is 0 Å². The number of aromatic nitrogens is 1. The van der Waals surface area contributed by atoms with E-state index >= 15 is 0 Å². The van der Waals surface area contributed by atoms with Gasteiger partial charge < -0.3 is 4.74 Å². The number of esters is 1. The number of hydrogen-bond acceptors (Lipinski definition) is 5. The third-order valence-corrected chi connectivity index (χ3v) is 4.89. The Morgan fingerprint density at radius 2 is 2.05 bits per heavy atom. The van der Waals surface area contributed by atoms with E-state index in [1.165, 1.54) is 13.2 Å². The molecule has 0 radical (unpaired) electrons. The summed E-state index contributed by atoms with van der Waals surface area (Å²) in [5, 5.41) is 1.34. The highest BCUT2D eigenvalue weighted by atomic mass is 35.5.